The van der Waals surface area contributed by atoms with Crippen molar-refractivity contribution in [3.8, 4) is 0 Å². The van der Waals surface area contributed by atoms with E-state index in [9.17, 15) is 9.59 Å². The second kappa shape index (κ2) is 4.00. The fourth-order valence-electron chi connectivity index (χ4n) is 1.94. The quantitative estimate of drug-likeness (QED) is 0.798. The normalized spacial score (nSPS) is 19.1. The van der Waals surface area contributed by atoms with Gasteiger partial charge in [0.05, 0.1) is 12.0 Å². The van der Waals surface area contributed by atoms with E-state index in [0.29, 0.717) is 11.5 Å². The van der Waals surface area contributed by atoms with Crippen molar-refractivity contribution in [3.05, 3.63) is 23.7 Å². The van der Waals surface area contributed by atoms with E-state index in [-0.39, 0.29) is 31.4 Å². The molecule has 1 saturated heterocycles. The highest BCUT2D eigenvalue weighted by atomic mass is 16.4. The van der Waals surface area contributed by atoms with Crippen LogP contribution in [0.3, 0.4) is 0 Å². The Labute approximate surface area is 99.0 Å². The van der Waals surface area contributed by atoms with Gasteiger partial charge in [-0.2, -0.15) is 0 Å². The summed E-state index contributed by atoms with van der Waals surface area (Å²) in [5.74, 6) is 0.582. The number of rotatable bonds is 3. The summed E-state index contributed by atoms with van der Waals surface area (Å²) in [5.41, 5.74) is -0.622. The molecule has 0 aliphatic carbocycles. The van der Waals surface area contributed by atoms with Crippen molar-refractivity contribution < 1.29 is 19.1 Å². The second-order valence-electron chi connectivity index (χ2n) is 4.87. The van der Waals surface area contributed by atoms with Crippen LogP contribution < -0.4 is 0 Å². The summed E-state index contributed by atoms with van der Waals surface area (Å²) >= 11 is 0. The topological polar surface area (TPSA) is 70.8 Å². The molecule has 92 valence electrons. The summed E-state index contributed by atoms with van der Waals surface area (Å²) in [7, 11) is 0. The van der Waals surface area contributed by atoms with Crippen molar-refractivity contribution in [2.75, 3.05) is 0 Å². The van der Waals surface area contributed by atoms with Crippen LogP contribution in [0, 0.1) is 5.41 Å². The average molecular weight is 237 g/mol. The Hall–Kier alpha value is -1.62. The standard InChI is InChI=1S/C12H15NO4/c1-12(2)5-10(15)13(11(12)16)6-8-3-4-9(7-14)17-8/h3-4,14H,5-7H2,1-2H3. The van der Waals surface area contributed by atoms with Gasteiger partial charge in [0, 0.05) is 6.42 Å². The first-order chi connectivity index (χ1) is 7.94. The number of furan rings is 1. The number of aliphatic hydroxyl groups is 1. The summed E-state index contributed by atoms with van der Waals surface area (Å²) < 4.78 is 5.26. The van der Waals surface area contributed by atoms with Gasteiger partial charge >= 0.3 is 0 Å². The summed E-state index contributed by atoms with van der Waals surface area (Å²) in [6.07, 6.45) is 0.236. The molecule has 17 heavy (non-hydrogen) atoms. The number of likely N-dealkylation sites (tertiary alicyclic amines) is 1. The lowest BCUT2D eigenvalue weighted by molar-refractivity contribution is -0.141. The van der Waals surface area contributed by atoms with Crippen LogP contribution in [-0.2, 0) is 22.7 Å². The van der Waals surface area contributed by atoms with Crippen LogP contribution in [0.5, 0.6) is 0 Å². The first-order valence-electron chi connectivity index (χ1n) is 5.47. The molecule has 0 aromatic carbocycles. The Kier molecular flexibility index (Phi) is 2.79. The van der Waals surface area contributed by atoms with E-state index in [1.165, 1.54) is 4.90 Å². The average Bonchev–Trinajstić information content (AvgIpc) is 2.78. The lowest BCUT2D eigenvalue weighted by Crippen LogP contribution is -2.32. The zero-order chi connectivity index (χ0) is 12.6. The number of nitrogens with zero attached hydrogens (tertiary/aromatic N) is 1. The summed E-state index contributed by atoms with van der Waals surface area (Å²) in [5, 5.41) is 8.86. The predicted molar refractivity (Wildman–Crippen MR) is 58.6 cm³/mol. The number of imide groups is 1. The van der Waals surface area contributed by atoms with Crippen LogP contribution in [0.15, 0.2) is 16.5 Å². The van der Waals surface area contributed by atoms with Crippen LogP contribution in [0.25, 0.3) is 0 Å². The number of amides is 2. The maximum absolute atomic E-state index is 11.9. The monoisotopic (exact) mass is 237 g/mol. The third-order valence-electron chi connectivity index (χ3n) is 2.91. The molecule has 2 rings (SSSR count). The number of carbonyl (C=O) groups excluding carboxylic acids is 2. The highest BCUT2D eigenvalue weighted by Crippen LogP contribution is 2.32. The van der Waals surface area contributed by atoms with Crippen molar-refractivity contribution in [2.24, 2.45) is 5.41 Å². The van der Waals surface area contributed by atoms with Crippen molar-refractivity contribution in [1.29, 1.82) is 0 Å². The first kappa shape index (κ1) is 11.9. The van der Waals surface area contributed by atoms with Gasteiger partial charge in [-0.3, -0.25) is 14.5 Å². The van der Waals surface area contributed by atoms with Gasteiger partial charge in [0.2, 0.25) is 11.8 Å². The highest BCUT2D eigenvalue weighted by Gasteiger charge is 2.44. The largest absolute Gasteiger partial charge is 0.462 e. The molecular weight excluding hydrogens is 222 g/mol. The smallest absolute Gasteiger partial charge is 0.235 e. The SMILES string of the molecule is CC1(C)CC(=O)N(Cc2ccc(CO)o2)C1=O. The van der Waals surface area contributed by atoms with E-state index in [1.807, 2.05) is 0 Å². The first-order valence-corrected chi connectivity index (χ1v) is 5.47. The molecule has 1 aliphatic rings. The Morgan fingerprint density at radius 2 is 2.00 bits per heavy atom. The molecule has 0 spiro atoms. The summed E-state index contributed by atoms with van der Waals surface area (Å²) in [6.45, 7) is 3.47. The minimum atomic E-state index is -0.622. The van der Waals surface area contributed by atoms with E-state index in [0.717, 1.165) is 0 Å². The van der Waals surface area contributed by atoms with E-state index in [4.69, 9.17) is 9.52 Å². The van der Waals surface area contributed by atoms with E-state index >= 15 is 0 Å². The number of hydrogen-bond acceptors (Lipinski definition) is 4. The van der Waals surface area contributed by atoms with Crippen molar-refractivity contribution in [3.63, 3.8) is 0 Å². The van der Waals surface area contributed by atoms with E-state index in [2.05, 4.69) is 0 Å². The Morgan fingerprint density at radius 1 is 1.35 bits per heavy atom. The Bertz CT molecular complexity index is 461. The maximum atomic E-state index is 11.9. The van der Waals surface area contributed by atoms with Crippen LogP contribution in [0.1, 0.15) is 31.8 Å². The van der Waals surface area contributed by atoms with Crippen molar-refractivity contribution in [2.45, 2.75) is 33.4 Å². The van der Waals surface area contributed by atoms with Crippen LogP contribution in [0.4, 0.5) is 0 Å². The molecule has 5 heteroatoms. The molecule has 5 nitrogen and oxygen atoms in total. The van der Waals surface area contributed by atoms with Gasteiger partial charge in [-0.05, 0) is 12.1 Å². The third kappa shape index (κ3) is 2.10. The zero-order valence-corrected chi connectivity index (χ0v) is 9.90. The molecule has 1 aromatic heterocycles. The van der Waals surface area contributed by atoms with Crippen molar-refractivity contribution in [1.82, 2.24) is 4.90 Å². The van der Waals surface area contributed by atoms with Crippen LogP contribution in [-0.4, -0.2) is 21.8 Å². The van der Waals surface area contributed by atoms with E-state index in [1.54, 1.807) is 26.0 Å². The molecular formula is C12H15NO4. The lowest BCUT2D eigenvalue weighted by Gasteiger charge is -2.16. The molecule has 1 N–H and O–H groups in total. The number of aliphatic hydroxyl groups excluding tert-OH is 1. The number of carbonyl (C=O) groups is 2. The second-order valence-corrected chi connectivity index (χ2v) is 4.87. The molecule has 0 bridgehead atoms. The summed E-state index contributed by atoms with van der Waals surface area (Å²) in [4.78, 5) is 24.8. The zero-order valence-electron chi connectivity index (χ0n) is 9.90. The van der Waals surface area contributed by atoms with Gasteiger partial charge in [-0.15, -0.1) is 0 Å². The van der Waals surface area contributed by atoms with Gasteiger partial charge in [0.15, 0.2) is 0 Å². The molecule has 0 radical (unpaired) electrons. The minimum Gasteiger partial charge on any atom is -0.462 e. The number of hydrogen-bond donors (Lipinski definition) is 1. The molecule has 0 saturated carbocycles. The fraction of sp³-hybridized carbons (Fsp3) is 0.500. The van der Waals surface area contributed by atoms with Crippen LogP contribution in [0.2, 0.25) is 0 Å². The minimum absolute atomic E-state index is 0.140. The van der Waals surface area contributed by atoms with E-state index < -0.39 is 5.41 Å². The highest BCUT2D eigenvalue weighted by molar-refractivity contribution is 6.05. The summed E-state index contributed by atoms with van der Waals surface area (Å²) in [6, 6.07) is 3.29. The predicted octanol–water partition coefficient (Wildman–Crippen LogP) is 1.06. The van der Waals surface area contributed by atoms with Crippen molar-refractivity contribution >= 4 is 11.8 Å². The molecule has 2 heterocycles. The molecule has 1 aliphatic heterocycles. The lowest BCUT2D eigenvalue weighted by atomic mass is 9.92. The maximum Gasteiger partial charge on any atom is 0.235 e. The Morgan fingerprint density at radius 3 is 2.47 bits per heavy atom. The molecule has 1 aromatic rings. The third-order valence-corrected chi connectivity index (χ3v) is 2.91. The molecule has 0 atom stereocenters. The van der Waals surface area contributed by atoms with Gasteiger partial charge in [-0.25, -0.2) is 0 Å². The van der Waals surface area contributed by atoms with Gasteiger partial charge in [0.1, 0.15) is 18.1 Å². The molecule has 2 amide bonds. The molecule has 0 unspecified atom stereocenters. The van der Waals surface area contributed by atoms with Crippen LogP contribution >= 0.6 is 0 Å². The van der Waals surface area contributed by atoms with Gasteiger partial charge in [0.25, 0.3) is 0 Å². The fourth-order valence-corrected chi connectivity index (χ4v) is 1.94. The van der Waals surface area contributed by atoms with Gasteiger partial charge < -0.3 is 9.52 Å². The molecule has 1 fully saturated rings. The van der Waals surface area contributed by atoms with Gasteiger partial charge in [-0.1, -0.05) is 13.8 Å². The Balaban J connectivity index is 2.14.